The molecule has 0 saturated heterocycles. The van der Waals surface area contributed by atoms with Crippen LogP contribution >= 0.6 is 0 Å². The zero-order valence-corrected chi connectivity index (χ0v) is 9.98. The minimum atomic E-state index is -4.51. The summed E-state index contributed by atoms with van der Waals surface area (Å²) < 4.78 is 43.4. The largest absolute Gasteiger partial charge is 0.425 e. The second kappa shape index (κ2) is 5.00. The molecule has 1 aromatic heterocycles. The predicted molar refractivity (Wildman–Crippen MR) is 59.1 cm³/mol. The van der Waals surface area contributed by atoms with Gasteiger partial charge in [-0.05, 0) is 11.6 Å². The molecule has 0 saturated carbocycles. The van der Waals surface area contributed by atoms with Gasteiger partial charge in [0.15, 0.2) is 0 Å². The molecule has 7 heteroatoms. The van der Waals surface area contributed by atoms with Crippen LogP contribution in [0.15, 0.2) is 28.7 Å². The Hall–Kier alpha value is -1.89. The van der Waals surface area contributed by atoms with Crippen LogP contribution in [-0.4, -0.2) is 15.3 Å². The lowest BCUT2D eigenvalue weighted by Crippen LogP contribution is -2.13. The summed E-state index contributed by atoms with van der Waals surface area (Å²) in [6.45, 7) is 1.56. The normalized spacial score (nSPS) is 13.5. The van der Waals surface area contributed by atoms with E-state index in [1.165, 1.54) is 18.2 Å². The molecule has 1 N–H and O–H groups in total. The first-order chi connectivity index (χ1) is 8.88. The van der Waals surface area contributed by atoms with Crippen molar-refractivity contribution in [1.82, 2.24) is 10.2 Å². The summed E-state index contributed by atoms with van der Waals surface area (Å²) in [5, 5.41) is 17.1. The molecule has 4 nitrogen and oxygen atoms in total. The van der Waals surface area contributed by atoms with Gasteiger partial charge in [0.05, 0.1) is 18.1 Å². The number of rotatable bonds is 3. The summed E-state index contributed by atoms with van der Waals surface area (Å²) in [6, 6.07) is 4.87. The molecule has 1 atom stereocenters. The van der Waals surface area contributed by atoms with Gasteiger partial charge in [-0.25, -0.2) is 0 Å². The van der Waals surface area contributed by atoms with E-state index in [1.54, 1.807) is 6.92 Å². The Balaban J connectivity index is 2.26. The maximum atomic E-state index is 12.8. The highest BCUT2D eigenvalue weighted by Gasteiger charge is 2.34. The average molecular weight is 272 g/mol. The Morgan fingerprint density at radius 1 is 1.26 bits per heavy atom. The Bertz CT molecular complexity index is 566. The molecule has 0 radical (unpaired) electrons. The van der Waals surface area contributed by atoms with E-state index in [9.17, 15) is 18.3 Å². The lowest BCUT2D eigenvalue weighted by Gasteiger charge is -2.16. The van der Waals surface area contributed by atoms with Gasteiger partial charge in [-0.3, -0.25) is 0 Å². The molecular formula is C12H11F3N2O2. The number of alkyl halides is 3. The van der Waals surface area contributed by atoms with Crippen molar-refractivity contribution in [2.24, 2.45) is 0 Å². The summed E-state index contributed by atoms with van der Waals surface area (Å²) in [5.41, 5.74) is -1.07. The molecule has 1 unspecified atom stereocenters. The van der Waals surface area contributed by atoms with E-state index in [2.05, 4.69) is 10.2 Å². The fourth-order valence-corrected chi connectivity index (χ4v) is 1.74. The standard InChI is InChI=1S/C12H11F3N2O2/c1-7-16-17-11(19-7)6-10(18)8-4-2-3-5-9(8)12(13,14)15/h2-5,10,18H,6H2,1H3. The molecule has 1 aromatic carbocycles. The molecule has 1 heterocycles. The van der Waals surface area contributed by atoms with Crippen LogP contribution in [0.1, 0.15) is 29.0 Å². The quantitative estimate of drug-likeness (QED) is 0.933. The number of hydrogen-bond acceptors (Lipinski definition) is 4. The number of halogens is 3. The van der Waals surface area contributed by atoms with Crippen molar-refractivity contribution in [1.29, 1.82) is 0 Å². The molecule has 0 fully saturated rings. The predicted octanol–water partition coefficient (Wildman–Crippen LogP) is 2.67. The van der Waals surface area contributed by atoms with E-state index in [4.69, 9.17) is 4.42 Å². The van der Waals surface area contributed by atoms with E-state index in [0.717, 1.165) is 6.07 Å². The maximum absolute atomic E-state index is 12.8. The van der Waals surface area contributed by atoms with Crippen LogP contribution in [0.4, 0.5) is 13.2 Å². The van der Waals surface area contributed by atoms with E-state index in [1.807, 2.05) is 0 Å². The summed E-state index contributed by atoms with van der Waals surface area (Å²) in [6.07, 6.45) is -6.02. The number of hydrogen-bond donors (Lipinski definition) is 1. The van der Waals surface area contributed by atoms with Gasteiger partial charge in [-0.2, -0.15) is 13.2 Å². The molecule has 0 aliphatic rings. The third kappa shape index (κ3) is 3.11. The first-order valence-corrected chi connectivity index (χ1v) is 5.51. The molecule has 102 valence electrons. The van der Waals surface area contributed by atoms with E-state index in [0.29, 0.717) is 5.89 Å². The summed E-state index contributed by atoms with van der Waals surface area (Å²) >= 11 is 0. The molecule has 2 rings (SSSR count). The summed E-state index contributed by atoms with van der Waals surface area (Å²) in [4.78, 5) is 0. The van der Waals surface area contributed by atoms with Gasteiger partial charge >= 0.3 is 6.18 Å². The SMILES string of the molecule is Cc1nnc(CC(O)c2ccccc2C(F)(F)F)o1. The van der Waals surface area contributed by atoms with Crippen LogP contribution in [0, 0.1) is 6.92 Å². The van der Waals surface area contributed by atoms with Crippen LogP contribution in [0.25, 0.3) is 0 Å². The second-order valence-electron chi connectivity index (χ2n) is 4.02. The Morgan fingerprint density at radius 2 is 1.95 bits per heavy atom. The molecular weight excluding hydrogens is 261 g/mol. The fourth-order valence-electron chi connectivity index (χ4n) is 1.74. The van der Waals surface area contributed by atoms with Crippen LogP contribution in [0.5, 0.6) is 0 Å². The third-order valence-corrected chi connectivity index (χ3v) is 2.56. The molecule has 0 amide bonds. The van der Waals surface area contributed by atoms with Crippen molar-refractivity contribution in [2.45, 2.75) is 25.6 Å². The minimum Gasteiger partial charge on any atom is -0.425 e. The first-order valence-electron chi connectivity index (χ1n) is 5.51. The van der Waals surface area contributed by atoms with E-state index < -0.39 is 17.8 Å². The van der Waals surface area contributed by atoms with Gasteiger partial charge < -0.3 is 9.52 Å². The summed E-state index contributed by atoms with van der Waals surface area (Å²) in [5.74, 6) is 0.397. The topological polar surface area (TPSA) is 59.2 Å². The van der Waals surface area contributed by atoms with E-state index in [-0.39, 0.29) is 17.9 Å². The molecule has 0 spiro atoms. The Labute approximate surface area is 106 Å². The molecule has 0 bridgehead atoms. The number of aryl methyl sites for hydroxylation is 1. The van der Waals surface area contributed by atoms with Gasteiger partial charge in [0.2, 0.25) is 11.8 Å². The van der Waals surface area contributed by atoms with Gasteiger partial charge in [0.25, 0.3) is 0 Å². The zero-order chi connectivity index (χ0) is 14.0. The number of aliphatic hydroxyl groups is 1. The van der Waals surface area contributed by atoms with Crippen LogP contribution in [0.2, 0.25) is 0 Å². The van der Waals surface area contributed by atoms with Crippen LogP contribution in [0.3, 0.4) is 0 Å². The van der Waals surface area contributed by atoms with Crippen molar-refractivity contribution < 1.29 is 22.7 Å². The fraction of sp³-hybridized carbons (Fsp3) is 0.333. The molecule has 0 aliphatic heterocycles. The van der Waals surface area contributed by atoms with Gasteiger partial charge in [-0.1, -0.05) is 18.2 Å². The van der Waals surface area contributed by atoms with E-state index >= 15 is 0 Å². The Morgan fingerprint density at radius 3 is 2.53 bits per heavy atom. The highest BCUT2D eigenvalue weighted by Crippen LogP contribution is 2.35. The third-order valence-electron chi connectivity index (χ3n) is 2.56. The second-order valence-corrected chi connectivity index (χ2v) is 4.02. The van der Waals surface area contributed by atoms with Crippen molar-refractivity contribution in [2.75, 3.05) is 0 Å². The average Bonchev–Trinajstić information content (AvgIpc) is 2.73. The highest BCUT2D eigenvalue weighted by molar-refractivity contribution is 5.31. The molecule has 19 heavy (non-hydrogen) atoms. The zero-order valence-electron chi connectivity index (χ0n) is 9.98. The Kier molecular flexibility index (Phi) is 3.57. The highest BCUT2D eigenvalue weighted by atomic mass is 19.4. The first kappa shape index (κ1) is 13.5. The smallest absolute Gasteiger partial charge is 0.416 e. The van der Waals surface area contributed by atoms with Crippen LogP contribution < -0.4 is 0 Å². The van der Waals surface area contributed by atoms with Crippen molar-refractivity contribution >= 4 is 0 Å². The van der Waals surface area contributed by atoms with Crippen LogP contribution in [-0.2, 0) is 12.6 Å². The molecule has 2 aromatic rings. The monoisotopic (exact) mass is 272 g/mol. The van der Waals surface area contributed by atoms with Crippen molar-refractivity contribution in [3.63, 3.8) is 0 Å². The van der Waals surface area contributed by atoms with Gasteiger partial charge in [-0.15, -0.1) is 10.2 Å². The number of nitrogens with zero attached hydrogens (tertiary/aromatic N) is 2. The number of aromatic nitrogens is 2. The van der Waals surface area contributed by atoms with Gasteiger partial charge in [0, 0.05) is 6.92 Å². The molecule has 0 aliphatic carbocycles. The van der Waals surface area contributed by atoms with Gasteiger partial charge in [0.1, 0.15) is 0 Å². The number of benzene rings is 1. The number of aliphatic hydroxyl groups excluding tert-OH is 1. The lowest BCUT2D eigenvalue weighted by molar-refractivity contribution is -0.139. The summed E-state index contributed by atoms with van der Waals surface area (Å²) in [7, 11) is 0. The van der Waals surface area contributed by atoms with Crippen molar-refractivity contribution in [3.05, 3.63) is 47.2 Å². The minimum absolute atomic E-state index is 0.0991. The van der Waals surface area contributed by atoms with Crippen molar-refractivity contribution in [3.8, 4) is 0 Å². The lowest BCUT2D eigenvalue weighted by atomic mass is 10.00. The maximum Gasteiger partial charge on any atom is 0.416 e.